The summed E-state index contributed by atoms with van der Waals surface area (Å²) in [5.41, 5.74) is 0. The first-order chi connectivity index (χ1) is 30.4. The summed E-state index contributed by atoms with van der Waals surface area (Å²) < 4.78 is 0. The van der Waals surface area contributed by atoms with Crippen LogP contribution in [0.2, 0.25) is 0 Å². The van der Waals surface area contributed by atoms with Crippen LogP contribution < -0.4 is 10.6 Å². The van der Waals surface area contributed by atoms with Gasteiger partial charge in [0.1, 0.15) is 0 Å². The molecule has 0 heterocycles. The lowest BCUT2D eigenvalue weighted by molar-refractivity contribution is -0.122. The minimum absolute atomic E-state index is 0.112. The number of aliphatic hydroxyl groups is 1. The molecule has 1 rings (SSSR count). The van der Waals surface area contributed by atoms with E-state index in [1.165, 1.54) is 161 Å². The molecule has 0 aromatic heterocycles. The standard InChI is InChI=1S/C55H110N4O3/c1-6-11-15-19-21-27-35-50(33-25-17-13-8-3)48-56-54(61)37-29-23-31-44-58(46-47-59(43-10-5)52-39-41-53(60)42-40-52)45-32-24-30-38-55(62)57-49-51(34-26-18-14-9-4)36-28-22-20-16-12-7-2/h50-53,60H,6-49H2,1-5H3,(H,56,61)(H,57,62). The predicted molar refractivity (Wildman–Crippen MR) is 270 cm³/mol. The van der Waals surface area contributed by atoms with E-state index >= 15 is 0 Å². The zero-order valence-electron chi connectivity index (χ0n) is 42.6. The summed E-state index contributed by atoms with van der Waals surface area (Å²) in [6.07, 6.45) is 44.5. The fraction of sp³-hybridized carbons (Fsp3) is 0.964. The van der Waals surface area contributed by atoms with Crippen LogP contribution >= 0.6 is 0 Å². The van der Waals surface area contributed by atoms with E-state index in [-0.39, 0.29) is 17.9 Å². The molecular weight excluding hydrogens is 765 g/mol. The van der Waals surface area contributed by atoms with Crippen LogP contribution in [0, 0.1) is 11.8 Å². The number of hydrogen-bond donors (Lipinski definition) is 3. The lowest BCUT2D eigenvalue weighted by atomic mass is 9.92. The highest BCUT2D eigenvalue weighted by molar-refractivity contribution is 5.76. The normalized spacial score (nSPS) is 16.6. The summed E-state index contributed by atoms with van der Waals surface area (Å²) in [5.74, 6) is 1.77. The third-order valence-corrected chi connectivity index (χ3v) is 14.2. The Hall–Kier alpha value is -1.18. The first-order valence-electron chi connectivity index (χ1n) is 28.0. The van der Waals surface area contributed by atoms with Gasteiger partial charge >= 0.3 is 0 Å². The number of nitrogens with zero attached hydrogens (tertiary/aromatic N) is 2. The smallest absolute Gasteiger partial charge is 0.220 e. The van der Waals surface area contributed by atoms with E-state index in [9.17, 15) is 14.7 Å². The molecule has 2 atom stereocenters. The molecule has 1 fully saturated rings. The second-order valence-corrected chi connectivity index (χ2v) is 20.1. The monoisotopic (exact) mass is 875 g/mol. The van der Waals surface area contributed by atoms with E-state index in [2.05, 4.69) is 55.1 Å². The van der Waals surface area contributed by atoms with Gasteiger partial charge in [-0.3, -0.25) is 14.5 Å². The molecule has 2 unspecified atom stereocenters. The summed E-state index contributed by atoms with van der Waals surface area (Å²) in [7, 11) is 0. The van der Waals surface area contributed by atoms with Crippen molar-refractivity contribution in [2.24, 2.45) is 11.8 Å². The van der Waals surface area contributed by atoms with Gasteiger partial charge in [-0.25, -0.2) is 0 Å². The van der Waals surface area contributed by atoms with Crippen molar-refractivity contribution in [3.63, 3.8) is 0 Å². The van der Waals surface area contributed by atoms with E-state index in [0.717, 1.165) is 110 Å². The summed E-state index contributed by atoms with van der Waals surface area (Å²) in [6.45, 7) is 18.6. The number of hydrogen-bond acceptors (Lipinski definition) is 5. The second kappa shape index (κ2) is 43.7. The minimum atomic E-state index is -0.112. The Morgan fingerprint density at radius 1 is 0.435 bits per heavy atom. The number of amides is 2. The van der Waals surface area contributed by atoms with E-state index in [1.54, 1.807) is 0 Å². The third-order valence-electron chi connectivity index (χ3n) is 14.2. The van der Waals surface area contributed by atoms with E-state index in [1.807, 2.05) is 0 Å². The SMILES string of the molecule is CCCCCCCCC(CCCCCC)CNC(=O)CCCCCN(CCCCCC(=O)NCC(CCCCCC)CCCCCCCC)CCN(CCC)C1CCC(O)CC1. The van der Waals surface area contributed by atoms with Gasteiger partial charge in [0.05, 0.1) is 6.10 Å². The van der Waals surface area contributed by atoms with Gasteiger partial charge in [0, 0.05) is 45.1 Å². The topological polar surface area (TPSA) is 84.9 Å². The number of aliphatic hydroxyl groups excluding tert-OH is 1. The van der Waals surface area contributed by atoms with Crippen molar-refractivity contribution in [2.45, 2.75) is 284 Å². The zero-order valence-corrected chi connectivity index (χ0v) is 42.6. The fourth-order valence-corrected chi connectivity index (χ4v) is 9.92. The average Bonchev–Trinajstić information content (AvgIpc) is 3.27. The highest BCUT2D eigenvalue weighted by atomic mass is 16.3. The van der Waals surface area contributed by atoms with Crippen molar-refractivity contribution in [3.05, 3.63) is 0 Å². The maximum Gasteiger partial charge on any atom is 0.220 e. The van der Waals surface area contributed by atoms with Crippen LogP contribution in [-0.2, 0) is 9.59 Å². The molecule has 1 saturated carbocycles. The first kappa shape index (κ1) is 58.8. The molecule has 62 heavy (non-hydrogen) atoms. The first-order valence-corrected chi connectivity index (χ1v) is 28.0. The largest absolute Gasteiger partial charge is 0.393 e. The molecule has 0 aromatic carbocycles. The van der Waals surface area contributed by atoms with E-state index in [0.29, 0.717) is 30.7 Å². The summed E-state index contributed by atoms with van der Waals surface area (Å²) in [6, 6.07) is 0.598. The van der Waals surface area contributed by atoms with Gasteiger partial charge < -0.3 is 20.6 Å². The van der Waals surface area contributed by atoms with Crippen molar-refractivity contribution in [2.75, 3.05) is 45.8 Å². The Labute approximate surface area is 387 Å². The molecule has 1 aliphatic carbocycles. The Bertz CT molecular complexity index is 914. The molecule has 368 valence electrons. The lowest BCUT2D eigenvalue weighted by Crippen LogP contribution is -2.44. The van der Waals surface area contributed by atoms with Crippen LogP contribution in [0.4, 0.5) is 0 Å². The summed E-state index contributed by atoms with van der Waals surface area (Å²) in [4.78, 5) is 31.3. The van der Waals surface area contributed by atoms with Gasteiger partial charge in [-0.05, 0) is 115 Å². The van der Waals surface area contributed by atoms with Crippen molar-refractivity contribution < 1.29 is 14.7 Å². The van der Waals surface area contributed by atoms with Gasteiger partial charge in [-0.1, -0.05) is 176 Å². The molecule has 7 nitrogen and oxygen atoms in total. The molecule has 7 heteroatoms. The van der Waals surface area contributed by atoms with Crippen LogP contribution in [0.1, 0.15) is 272 Å². The number of unbranched alkanes of at least 4 members (excludes halogenated alkanes) is 20. The molecule has 0 aliphatic heterocycles. The summed E-state index contributed by atoms with van der Waals surface area (Å²) in [5, 5.41) is 16.9. The number of carbonyl (C=O) groups excluding carboxylic acids is 2. The van der Waals surface area contributed by atoms with Gasteiger partial charge in [-0.2, -0.15) is 0 Å². The maximum absolute atomic E-state index is 13.0. The van der Waals surface area contributed by atoms with Crippen LogP contribution in [0.25, 0.3) is 0 Å². The van der Waals surface area contributed by atoms with Crippen molar-refractivity contribution in [1.82, 2.24) is 20.4 Å². The van der Waals surface area contributed by atoms with E-state index in [4.69, 9.17) is 0 Å². The van der Waals surface area contributed by atoms with Crippen LogP contribution in [0.5, 0.6) is 0 Å². The lowest BCUT2D eigenvalue weighted by Gasteiger charge is -2.37. The fourth-order valence-electron chi connectivity index (χ4n) is 9.92. The van der Waals surface area contributed by atoms with Crippen LogP contribution in [0.15, 0.2) is 0 Å². The van der Waals surface area contributed by atoms with Gasteiger partial charge in [-0.15, -0.1) is 0 Å². The molecule has 1 aliphatic rings. The number of carbonyl (C=O) groups is 2. The van der Waals surface area contributed by atoms with Gasteiger partial charge in [0.2, 0.25) is 11.8 Å². The highest BCUT2D eigenvalue weighted by Crippen LogP contribution is 2.24. The zero-order chi connectivity index (χ0) is 45.1. The van der Waals surface area contributed by atoms with E-state index < -0.39 is 0 Å². The van der Waals surface area contributed by atoms with Gasteiger partial charge in [0.25, 0.3) is 0 Å². The molecule has 0 radical (unpaired) electrons. The molecular formula is C55H110N4O3. The molecule has 0 saturated heterocycles. The minimum Gasteiger partial charge on any atom is -0.393 e. The number of rotatable bonds is 46. The molecule has 0 spiro atoms. The quantitative estimate of drug-likeness (QED) is 0.0531. The molecule has 0 bridgehead atoms. The predicted octanol–water partition coefficient (Wildman–Crippen LogP) is 14.3. The van der Waals surface area contributed by atoms with Crippen LogP contribution in [-0.4, -0.2) is 84.7 Å². The highest BCUT2D eigenvalue weighted by Gasteiger charge is 2.25. The van der Waals surface area contributed by atoms with Crippen molar-refractivity contribution >= 4 is 11.8 Å². The van der Waals surface area contributed by atoms with Crippen LogP contribution in [0.3, 0.4) is 0 Å². The Morgan fingerprint density at radius 2 is 0.806 bits per heavy atom. The summed E-state index contributed by atoms with van der Waals surface area (Å²) >= 11 is 0. The third kappa shape index (κ3) is 35.1. The Morgan fingerprint density at radius 3 is 1.21 bits per heavy atom. The second-order valence-electron chi connectivity index (χ2n) is 20.1. The Balaban J connectivity index is 2.57. The maximum atomic E-state index is 13.0. The molecule has 0 aromatic rings. The average molecular weight is 876 g/mol. The molecule has 3 N–H and O–H groups in total. The van der Waals surface area contributed by atoms with Crippen molar-refractivity contribution in [3.8, 4) is 0 Å². The number of nitrogens with one attached hydrogen (secondary N) is 2. The van der Waals surface area contributed by atoms with Gasteiger partial charge in [0.15, 0.2) is 0 Å². The Kier molecular flexibility index (Phi) is 41.5. The van der Waals surface area contributed by atoms with Crippen molar-refractivity contribution in [1.29, 1.82) is 0 Å². The molecule has 2 amide bonds.